The van der Waals surface area contributed by atoms with Gasteiger partial charge >= 0.3 is 6.18 Å². The summed E-state index contributed by atoms with van der Waals surface area (Å²) < 4.78 is 38.6. The zero-order chi connectivity index (χ0) is 13.6. The van der Waals surface area contributed by atoms with Gasteiger partial charge in [0.1, 0.15) is 5.82 Å². The van der Waals surface area contributed by atoms with E-state index in [2.05, 4.69) is 10.3 Å². The molecule has 1 heterocycles. The van der Waals surface area contributed by atoms with Gasteiger partial charge in [0.25, 0.3) is 0 Å². The van der Waals surface area contributed by atoms with Crippen molar-refractivity contribution in [2.75, 3.05) is 31.1 Å². The highest BCUT2D eigenvalue weighted by Crippen LogP contribution is 2.34. The van der Waals surface area contributed by atoms with E-state index in [1.54, 1.807) is 4.90 Å². The van der Waals surface area contributed by atoms with Gasteiger partial charge in [-0.1, -0.05) is 6.92 Å². The second-order valence-corrected chi connectivity index (χ2v) is 3.81. The SMILES string of the molecule is CCNCCN(CC)c1ncccc1C(F)(F)F. The Bertz CT molecular complexity index is 366. The van der Waals surface area contributed by atoms with E-state index in [0.29, 0.717) is 19.6 Å². The van der Waals surface area contributed by atoms with E-state index in [-0.39, 0.29) is 5.82 Å². The predicted molar refractivity (Wildman–Crippen MR) is 65.7 cm³/mol. The molecule has 3 nitrogen and oxygen atoms in total. The van der Waals surface area contributed by atoms with Gasteiger partial charge in [-0.3, -0.25) is 0 Å². The Morgan fingerprint density at radius 1 is 1.33 bits per heavy atom. The molecule has 0 amide bonds. The molecule has 1 rings (SSSR count). The summed E-state index contributed by atoms with van der Waals surface area (Å²) in [5.74, 6) is 0.00500. The molecule has 0 radical (unpaired) electrons. The topological polar surface area (TPSA) is 28.2 Å². The van der Waals surface area contributed by atoms with Crippen molar-refractivity contribution >= 4 is 5.82 Å². The lowest BCUT2D eigenvalue weighted by molar-refractivity contribution is -0.137. The molecule has 0 unspecified atom stereocenters. The normalized spacial score (nSPS) is 11.6. The second-order valence-electron chi connectivity index (χ2n) is 3.81. The molecule has 0 atom stereocenters. The van der Waals surface area contributed by atoms with E-state index >= 15 is 0 Å². The monoisotopic (exact) mass is 261 g/mol. The minimum absolute atomic E-state index is 0.00500. The molecule has 0 saturated heterocycles. The van der Waals surface area contributed by atoms with E-state index < -0.39 is 11.7 Å². The van der Waals surface area contributed by atoms with E-state index in [9.17, 15) is 13.2 Å². The van der Waals surface area contributed by atoms with E-state index in [0.717, 1.165) is 12.6 Å². The molecule has 0 bridgehead atoms. The number of likely N-dealkylation sites (N-methyl/N-ethyl adjacent to an activating group) is 2. The quantitative estimate of drug-likeness (QED) is 0.798. The fraction of sp³-hybridized carbons (Fsp3) is 0.583. The molecular formula is C12H18F3N3. The summed E-state index contributed by atoms with van der Waals surface area (Å²) in [4.78, 5) is 5.50. The first-order valence-corrected chi connectivity index (χ1v) is 5.98. The van der Waals surface area contributed by atoms with Crippen LogP contribution in [0, 0.1) is 0 Å². The van der Waals surface area contributed by atoms with Crippen LogP contribution >= 0.6 is 0 Å². The lowest BCUT2D eigenvalue weighted by Gasteiger charge is -2.25. The average molecular weight is 261 g/mol. The Morgan fingerprint density at radius 2 is 2.06 bits per heavy atom. The fourth-order valence-electron chi connectivity index (χ4n) is 1.67. The van der Waals surface area contributed by atoms with Crippen molar-refractivity contribution in [1.82, 2.24) is 10.3 Å². The zero-order valence-electron chi connectivity index (χ0n) is 10.6. The van der Waals surface area contributed by atoms with Crippen LogP contribution in [0.4, 0.5) is 19.0 Å². The van der Waals surface area contributed by atoms with Crippen molar-refractivity contribution in [2.24, 2.45) is 0 Å². The zero-order valence-corrected chi connectivity index (χ0v) is 10.6. The Balaban J connectivity index is 2.91. The third-order valence-corrected chi connectivity index (χ3v) is 2.58. The molecule has 0 aliphatic rings. The van der Waals surface area contributed by atoms with Crippen LogP contribution in [0.5, 0.6) is 0 Å². The number of aromatic nitrogens is 1. The molecular weight excluding hydrogens is 243 g/mol. The van der Waals surface area contributed by atoms with Gasteiger partial charge in [-0.15, -0.1) is 0 Å². The van der Waals surface area contributed by atoms with Crippen LogP contribution in [0.1, 0.15) is 19.4 Å². The maximum atomic E-state index is 12.9. The lowest BCUT2D eigenvalue weighted by Crippen LogP contribution is -2.34. The summed E-state index contributed by atoms with van der Waals surface area (Å²) in [6, 6.07) is 2.38. The van der Waals surface area contributed by atoms with Crippen molar-refractivity contribution in [3.63, 3.8) is 0 Å². The third-order valence-electron chi connectivity index (χ3n) is 2.58. The number of alkyl halides is 3. The van der Waals surface area contributed by atoms with Gasteiger partial charge in [0.05, 0.1) is 5.56 Å². The number of pyridine rings is 1. The fourth-order valence-corrected chi connectivity index (χ4v) is 1.67. The summed E-state index contributed by atoms with van der Waals surface area (Å²) in [6.07, 6.45) is -2.98. The number of anilines is 1. The van der Waals surface area contributed by atoms with Crippen molar-refractivity contribution in [1.29, 1.82) is 0 Å². The number of nitrogens with one attached hydrogen (secondary N) is 1. The van der Waals surface area contributed by atoms with Gasteiger partial charge in [-0.05, 0) is 25.6 Å². The first-order valence-electron chi connectivity index (χ1n) is 5.98. The standard InChI is InChI=1S/C12H18F3N3/c1-3-16-8-9-18(4-2)11-10(12(13,14)15)6-5-7-17-11/h5-7,16H,3-4,8-9H2,1-2H3. The van der Waals surface area contributed by atoms with Crippen molar-refractivity contribution in [3.05, 3.63) is 23.9 Å². The highest BCUT2D eigenvalue weighted by atomic mass is 19.4. The Morgan fingerprint density at radius 3 is 2.61 bits per heavy atom. The van der Waals surface area contributed by atoms with Gasteiger partial charge < -0.3 is 10.2 Å². The molecule has 18 heavy (non-hydrogen) atoms. The molecule has 1 N–H and O–H groups in total. The van der Waals surface area contributed by atoms with Crippen LogP contribution < -0.4 is 10.2 Å². The molecule has 0 aromatic carbocycles. The van der Waals surface area contributed by atoms with Gasteiger partial charge in [-0.25, -0.2) is 4.98 Å². The smallest absolute Gasteiger partial charge is 0.355 e. The molecule has 0 saturated carbocycles. The summed E-state index contributed by atoms with van der Waals surface area (Å²) in [5.41, 5.74) is -0.677. The number of halogens is 3. The minimum atomic E-state index is -4.37. The van der Waals surface area contributed by atoms with Gasteiger partial charge in [0, 0.05) is 25.8 Å². The molecule has 0 spiro atoms. The van der Waals surface area contributed by atoms with Gasteiger partial charge in [-0.2, -0.15) is 13.2 Å². The number of hydrogen-bond donors (Lipinski definition) is 1. The Hall–Kier alpha value is -1.30. The summed E-state index contributed by atoms with van der Waals surface area (Å²) in [7, 11) is 0. The number of rotatable bonds is 6. The summed E-state index contributed by atoms with van der Waals surface area (Å²) in [5, 5.41) is 3.09. The van der Waals surface area contributed by atoms with E-state index in [1.165, 1.54) is 12.3 Å². The van der Waals surface area contributed by atoms with Crippen LogP contribution in [-0.4, -0.2) is 31.2 Å². The molecule has 0 fully saturated rings. The van der Waals surface area contributed by atoms with E-state index in [1.807, 2.05) is 13.8 Å². The number of nitrogens with zero attached hydrogens (tertiary/aromatic N) is 2. The number of hydrogen-bond acceptors (Lipinski definition) is 3. The molecule has 102 valence electrons. The minimum Gasteiger partial charge on any atom is -0.355 e. The summed E-state index contributed by atoms with van der Waals surface area (Å²) in [6.45, 7) is 6.21. The third kappa shape index (κ3) is 3.87. The molecule has 0 aliphatic carbocycles. The lowest BCUT2D eigenvalue weighted by atomic mass is 10.2. The molecule has 1 aromatic rings. The van der Waals surface area contributed by atoms with Crippen LogP contribution in [0.3, 0.4) is 0 Å². The van der Waals surface area contributed by atoms with Gasteiger partial charge in [0.15, 0.2) is 0 Å². The van der Waals surface area contributed by atoms with Crippen LogP contribution in [-0.2, 0) is 6.18 Å². The maximum absolute atomic E-state index is 12.9. The second kappa shape index (κ2) is 6.58. The van der Waals surface area contributed by atoms with E-state index in [4.69, 9.17) is 0 Å². The van der Waals surface area contributed by atoms with Crippen molar-refractivity contribution in [3.8, 4) is 0 Å². The van der Waals surface area contributed by atoms with Crippen molar-refractivity contribution < 1.29 is 13.2 Å². The maximum Gasteiger partial charge on any atom is 0.419 e. The predicted octanol–water partition coefficient (Wildman–Crippen LogP) is 2.54. The summed E-state index contributed by atoms with van der Waals surface area (Å²) >= 11 is 0. The highest BCUT2D eigenvalue weighted by Gasteiger charge is 2.35. The molecule has 1 aromatic heterocycles. The molecule has 6 heteroatoms. The van der Waals surface area contributed by atoms with Gasteiger partial charge in [0.2, 0.25) is 0 Å². The first-order chi connectivity index (χ1) is 8.50. The Labute approximate surface area is 105 Å². The van der Waals surface area contributed by atoms with Crippen molar-refractivity contribution in [2.45, 2.75) is 20.0 Å². The first kappa shape index (κ1) is 14.8. The van der Waals surface area contributed by atoms with Crippen LogP contribution in [0.25, 0.3) is 0 Å². The Kier molecular flexibility index (Phi) is 5.40. The largest absolute Gasteiger partial charge is 0.419 e. The molecule has 0 aliphatic heterocycles. The highest BCUT2D eigenvalue weighted by molar-refractivity contribution is 5.48. The van der Waals surface area contributed by atoms with Crippen LogP contribution in [0.15, 0.2) is 18.3 Å². The average Bonchev–Trinajstić information content (AvgIpc) is 2.34. The van der Waals surface area contributed by atoms with Crippen LogP contribution in [0.2, 0.25) is 0 Å².